The molecule has 214 valence electrons. The maximum Gasteiger partial charge on any atom is 0.409 e. The van der Waals surface area contributed by atoms with E-state index in [0.717, 1.165) is 31.2 Å². The van der Waals surface area contributed by atoms with Crippen LogP contribution in [0.5, 0.6) is 5.75 Å². The van der Waals surface area contributed by atoms with E-state index in [1.54, 1.807) is 19.1 Å². The van der Waals surface area contributed by atoms with E-state index in [0.29, 0.717) is 11.4 Å². The molecule has 1 saturated carbocycles. The van der Waals surface area contributed by atoms with E-state index < -0.39 is 29.9 Å². The Morgan fingerprint density at radius 2 is 1.70 bits per heavy atom. The number of aromatic nitrogens is 1. The van der Waals surface area contributed by atoms with Gasteiger partial charge in [0.15, 0.2) is 0 Å². The molecule has 1 aliphatic carbocycles. The van der Waals surface area contributed by atoms with Crippen LogP contribution in [0, 0.1) is 0 Å². The summed E-state index contributed by atoms with van der Waals surface area (Å²) in [6.07, 6.45) is 3.32. The molecule has 1 aliphatic heterocycles. The summed E-state index contributed by atoms with van der Waals surface area (Å²) in [6.45, 7) is 3.05. The molecule has 2 aromatic rings. The van der Waals surface area contributed by atoms with Crippen LogP contribution in [0.15, 0.2) is 42.5 Å². The SMILES string of the molecule is CCOC(=O)N1CCN(C(=O)C(CCC(=O)O)NC(=O)c2cc(OC3CCCC3)cc(-c3ccccc3)n2)CC1. The van der Waals surface area contributed by atoms with E-state index in [-0.39, 0.29) is 57.4 Å². The van der Waals surface area contributed by atoms with Crippen LogP contribution in [0.2, 0.25) is 0 Å². The molecule has 1 saturated heterocycles. The van der Waals surface area contributed by atoms with Crippen molar-refractivity contribution in [1.29, 1.82) is 0 Å². The van der Waals surface area contributed by atoms with Gasteiger partial charge in [-0.1, -0.05) is 30.3 Å². The molecule has 1 unspecified atom stereocenters. The van der Waals surface area contributed by atoms with Crippen molar-refractivity contribution in [3.8, 4) is 17.0 Å². The van der Waals surface area contributed by atoms with Crippen LogP contribution in [-0.2, 0) is 14.3 Å². The molecule has 3 amide bonds. The Labute approximate surface area is 233 Å². The van der Waals surface area contributed by atoms with Gasteiger partial charge in [0.05, 0.1) is 18.4 Å². The molecule has 2 fully saturated rings. The number of piperazine rings is 1. The normalized spacial score (nSPS) is 16.3. The number of carbonyl (C=O) groups excluding carboxylic acids is 3. The number of nitrogens with one attached hydrogen (secondary N) is 1. The number of carbonyl (C=O) groups is 4. The zero-order valence-electron chi connectivity index (χ0n) is 22.7. The lowest BCUT2D eigenvalue weighted by Crippen LogP contribution is -2.56. The van der Waals surface area contributed by atoms with Gasteiger partial charge in [-0.25, -0.2) is 9.78 Å². The van der Waals surface area contributed by atoms with Crippen molar-refractivity contribution in [2.75, 3.05) is 32.8 Å². The number of aliphatic carboxylic acids is 1. The average molecular weight is 553 g/mol. The molecular formula is C29H36N4O7. The predicted octanol–water partition coefficient (Wildman–Crippen LogP) is 3.33. The predicted molar refractivity (Wildman–Crippen MR) is 146 cm³/mol. The molecule has 11 nitrogen and oxygen atoms in total. The molecule has 0 bridgehead atoms. The number of amides is 3. The lowest BCUT2D eigenvalue weighted by molar-refractivity contribution is -0.138. The van der Waals surface area contributed by atoms with Gasteiger partial charge in [-0.05, 0) is 39.0 Å². The maximum atomic E-state index is 13.5. The lowest BCUT2D eigenvalue weighted by atomic mass is 10.1. The van der Waals surface area contributed by atoms with Crippen LogP contribution < -0.4 is 10.1 Å². The van der Waals surface area contributed by atoms with E-state index >= 15 is 0 Å². The van der Waals surface area contributed by atoms with Gasteiger partial charge in [0.1, 0.15) is 17.5 Å². The number of pyridine rings is 1. The highest BCUT2D eigenvalue weighted by atomic mass is 16.6. The minimum atomic E-state index is -1.07. The van der Waals surface area contributed by atoms with Crippen molar-refractivity contribution < 1.29 is 33.8 Å². The second kappa shape index (κ2) is 13.8. The van der Waals surface area contributed by atoms with Crippen LogP contribution in [0.4, 0.5) is 4.79 Å². The number of hydrogen-bond acceptors (Lipinski definition) is 7. The highest BCUT2D eigenvalue weighted by Crippen LogP contribution is 2.28. The smallest absolute Gasteiger partial charge is 0.409 e. The zero-order chi connectivity index (χ0) is 28.5. The molecule has 1 atom stereocenters. The quantitative estimate of drug-likeness (QED) is 0.458. The molecule has 0 radical (unpaired) electrons. The number of benzene rings is 1. The van der Waals surface area contributed by atoms with E-state index in [1.165, 1.54) is 9.80 Å². The molecule has 40 heavy (non-hydrogen) atoms. The van der Waals surface area contributed by atoms with Crippen LogP contribution in [-0.4, -0.2) is 88.7 Å². The Balaban J connectivity index is 1.52. The Morgan fingerprint density at radius 3 is 2.35 bits per heavy atom. The first-order valence-electron chi connectivity index (χ1n) is 13.8. The van der Waals surface area contributed by atoms with Gasteiger partial charge in [-0.15, -0.1) is 0 Å². The minimum Gasteiger partial charge on any atom is -0.490 e. The van der Waals surface area contributed by atoms with Crippen molar-refractivity contribution >= 4 is 23.9 Å². The summed E-state index contributed by atoms with van der Waals surface area (Å²) < 4.78 is 11.2. The molecule has 1 aromatic heterocycles. The maximum absolute atomic E-state index is 13.5. The Bertz CT molecular complexity index is 1190. The fourth-order valence-corrected chi connectivity index (χ4v) is 4.95. The zero-order valence-corrected chi connectivity index (χ0v) is 22.7. The molecule has 2 heterocycles. The first kappa shape index (κ1) is 28.8. The number of hydrogen-bond donors (Lipinski definition) is 2. The van der Waals surface area contributed by atoms with E-state index in [4.69, 9.17) is 9.47 Å². The Hall–Kier alpha value is -4.15. The summed E-state index contributed by atoms with van der Waals surface area (Å²) in [6, 6.07) is 11.7. The van der Waals surface area contributed by atoms with Crippen molar-refractivity contribution in [3.05, 3.63) is 48.2 Å². The standard InChI is InChI=1S/C29H36N4O7/c1-2-39-29(38)33-16-14-32(15-17-33)28(37)23(12-13-26(34)35)31-27(36)25-19-22(40-21-10-6-7-11-21)18-24(30-25)20-8-4-3-5-9-20/h3-5,8-9,18-19,21,23H,2,6-7,10-17H2,1H3,(H,31,36)(H,34,35). The van der Waals surface area contributed by atoms with Crippen LogP contribution in [0.1, 0.15) is 55.9 Å². The number of ether oxygens (including phenoxy) is 2. The van der Waals surface area contributed by atoms with Gasteiger partial charge in [0.2, 0.25) is 5.91 Å². The van der Waals surface area contributed by atoms with Crippen LogP contribution >= 0.6 is 0 Å². The van der Waals surface area contributed by atoms with Crippen molar-refractivity contribution in [3.63, 3.8) is 0 Å². The molecule has 1 aromatic carbocycles. The van der Waals surface area contributed by atoms with Gasteiger partial charge >= 0.3 is 12.1 Å². The highest BCUT2D eigenvalue weighted by Gasteiger charge is 2.31. The summed E-state index contributed by atoms with van der Waals surface area (Å²) in [4.78, 5) is 57.8. The van der Waals surface area contributed by atoms with Gasteiger partial charge in [0, 0.05) is 50.3 Å². The monoisotopic (exact) mass is 552 g/mol. The number of carboxylic acids is 1. The van der Waals surface area contributed by atoms with Crippen molar-refractivity contribution in [2.24, 2.45) is 0 Å². The number of nitrogens with zero attached hydrogens (tertiary/aromatic N) is 3. The van der Waals surface area contributed by atoms with E-state index in [1.807, 2.05) is 30.3 Å². The highest BCUT2D eigenvalue weighted by molar-refractivity contribution is 5.97. The summed E-state index contributed by atoms with van der Waals surface area (Å²) in [5, 5.41) is 12.0. The molecule has 2 aliphatic rings. The van der Waals surface area contributed by atoms with Gasteiger partial charge in [0.25, 0.3) is 5.91 Å². The second-order valence-electron chi connectivity index (χ2n) is 9.93. The average Bonchev–Trinajstić information content (AvgIpc) is 3.48. The first-order chi connectivity index (χ1) is 19.3. The van der Waals surface area contributed by atoms with Crippen molar-refractivity contribution in [1.82, 2.24) is 20.1 Å². The molecule has 11 heteroatoms. The lowest BCUT2D eigenvalue weighted by Gasteiger charge is -2.35. The third-order valence-corrected chi connectivity index (χ3v) is 7.07. The number of rotatable bonds is 10. The topological polar surface area (TPSA) is 138 Å². The van der Waals surface area contributed by atoms with Gasteiger partial charge in [-0.2, -0.15) is 0 Å². The molecule has 2 N–H and O–H groups in total. The summed E-state index contributed by atoms with van der Waals surface area (Å²) in [7, 11) is 0. The molecule has 4 rings (SSSR count). The van der Waals surface area contributed by atoms with E-state index in [2.05, 4.69) is 10.3 Å². The second-order valence-corrected chi connectivity index (χ2v) is 9.93. The van der Waals surface area contributed by atoms with E-state index in [9.17, 15) is 24.3 Å². The van der Waals surface area contributed by atoms with Crippen LogP contribution in [0.3, 0.4) is 0 Å². The molecular weight excluding hydrogens is 516 g/mol. The summed E-state index contributed by atoms with van der Waals surface area (Å²) in [5.74, 6) is -1.55. The summed E-state index contributed by atoms with van der Waals surface area (Å²) in [5.41, 5.74) is 1.45. The largest absolute Gasteiger partial charge is 0.490 e. The Kier molecular flexibility index (Phi) is 9.93. The summed E-state index contributed by atoms with van der Waals surface area (Å²) >= 11 is 0. The van der Waals surface area contributed by atoms with Gasteiger partial charge in [-0.3, -0.25) is 14.4 Å². The van der Waals surface area contributed by atoms with Crippen LogP contribution in [0.25, 0.3) is 11.3 Å². The fraction of sp³-hybridized carbons (Fsp3) is 0.483. The molecule has 0 spiro atoms. The number of carboxylic acid groups (broad SMARTS) is 1. The third kappa shape index (κ3) is 7.71. The van der Waals surface area contributed by atoms with Crippen molar-refractivity contribution in [2.45, 2.75) is 57.6 Å². The first-order valence-corrected chi connectivity index (χ1v) is 13.8. The van der Waals surface area contributed by atoms with Gasteiger partial charge < -0.3 is 29.7 Å². The Morgan fingerprint density at radius 1 is 1.02 bits per heavy atom. The minimum absolute atomic E-state index is 0.0695. The third-order valence-electron chi connectivity index (χ3n) is 7.07. The fourth-order valence-electron chi connectivity index (χ4n) is 4.95.